The minimum atomic E-state index is -3.72. The highest BCUT2D eigenvalue weighted by atomic mass is 35.5. The summed E-state index contributed by atoms with van der Waals surface area (Å²) in [5.74, 6) is 0.485. The molecule has 1 aromatic heterocycles. The van der Waals surface area contributed by atoms with Crippen LogP contribution in [0, 0.1) is 0 Å². The van der Waals surface area contributed by atoms with Crippen molar-refractivity contribution >= 4 is 32.5 Å². The third kappa shape index (κ3) is 3.44. The van der Waals surface area contributed by atoms with Gasteiger partial charge in [-0.1, -0.05) is 46.2 Å². The van der Waals surface area contributed by atoms with Gasteiger partial charge in [-0.2, -0.15) is 0 Å². The second kappa shape index (κ2) is 6.89. The van der Waals surface area contributed by atoms with E-state index in [2.05, 4.69) is 4.98 Å². The Kier molecular flexibility index (Phi) is 5.57. The van der Waals surface area contributed by atoms with Gasteiger partial charge < -0.3 is 9.15 Å². The van der Waals surface area contributed by atoms with Crippen LogP contribution in [0.4, 0.5) is 0 Å². The van der Waals surface area contributed by atoms with Gasteiger partial charge in [0, 0.05) is 12.0 Å². The van der Waals surface area contributed by atoms with Crippen LogP contribution in [0.3, 0.4) is 0 Å². The van der Waals surface area contributed by atoms with Crippen LogP contribution in [-0.2, 0) is 20.0 Å². The first-order valence-electron chi connectivity index (χ1n) is 8.48. The van der Waals surface area contributed by atoms with Crippen molar-refractivity contribution < 1.29 is 17.6 Å². The second-order valence-electron chi connectivity index (χ2n) is 7.25. The molecule has 1 aromatic carbocycles. The van der Waals surface area contributed by atoms with E-state index in [1.54, 1.807) is 19.1 Å². The summed E-state index contributed by atoms with van der Waals surface area (Å²) in [6.07, 6.45) is 0.433. The van der Waals surface area contributed by atoms with Gasteiger partial charge in [-0.05, 0) is 25.5 Å². The molecule has 3 rings (SSSR count). The lowest BCUT2D eigenvalue weighted by Gasteiger charge is -2.22. The normalized spacial score (nSPS) is 21.2. The number of sulfone groups is 1. The van der Waals surface area contributed by atoms with Crippen LogP contribution >= 0.6 is 11.6 Å². The van der Waals surface area contributed by atoms with E-state index in [-0.39, 0.29) is 27.5 Å². The molecule has 140 valence electrons. The number of fused-ring (bicyclic) bond motifs is 1. The Morgan fingerprint density at radius 3 is 2.40 bits per heavy atom. The molecule has 7 heteroatoms. The topological polar surface area (TPSA) is 69.4 Å². The number of hydrogen-bond acceptors (Lipinski definition) is 5. The SMILES string of the molecule is CC.CC(C)(C)c1nc2ccc(Cl)c(S(=O)(=O)C3(C)CCOC3)c2o1. The van der Waals surface area contributed by atoms with Crippen molar-refractivity contribution in [2.75, 3.05) is 13.2 Å². The molecular weight excluding hydrogens is 362 g/mol. The van der Waals surface area contributed by atoms with Crippen molar-refractivity contribution in [1.82, 2.24) is 4.98 Å². The van der Waals surface area contributed by atoms with Crippen molar-refractivity contribution in [1.29, 1.82) is 0 Å². The fraction of sp³-hybridized carbons (Fsp3) is 0.611. The Morgan fingerprint density at radius 2 is 1.88 bits per heavy atom. The first-order chi connectivity index (χ1) is 11.6. The molecule has 2 heterocycles. The maximum absolute atomic E-state index is 13.2. The van der Waals surface area contributed by atoms with E-state index in [4.69, 9.17) is 20.8 Å². The molecular formula is C18H26ClNO4S. The van der Waals surface area contributed by atoms with E-state index in [1.165, 1.54) is 0 Å². The zero-order chi connectivity index (χ0) is 19.0. The standard InChI is InChI=1S/C16H20ClNO4S.C2H6/c1-15(2,3)14-18-11-6-5-10(17)13(12(11)22-14)23(19,20)16(4)7-8-21-9-16;1-2/h5-6H,7-9H2,1-4H3;1-2H3. The average Bonchev–Trinajstić information content (AvgIpc) is 3.15. The molecule has 5 nitrogen and oxygen atoms in total. The smallest absolute Gasteiger partial charge is 0.200 e. The molecule has 1 fully saturated rings. The minimum Gasteiger partial charge on any atom is -0.439 e. The predicted octanol–water partition coefficient (Wildman–Crippen LogP) is 4.76. The van der Waals surface area contributed by atoms with Crippen molar-refractivity contribution in [2.24, 2.45) is 0 Å². The van der Waals surface area contributed by atoms with E-state index in [0.717, 1.165) is 0 Å². The number of rotatable bonds is 2. The highest BCUT2D eigenvalue weighted by molar-refractivity contribution is 7.93. The summed E-state index contributed by atoms with van der Waals surface area (Å²) in [6, 6.07) is 3.24. The Morgan fingerprint density at radius 1 is 1.24 bits per heavy atom. The quantitative estimate of drug-likeness (QED) is 0.743. The number of hydrogen-bond donors (Lipinski definition) is 0. The summed E-state index contributed by atoms with van der Waals surface area (Å²) >= 11 is 6.24. The summed E-state index contributed by atoms with van der Waals surface area (Å²) in [5, 5.41) is 0.155. The van der Waals surface area contributed by atoms with Crippen molar-refractivity contribution in [3.63, 3.8) is 0 Å². The summed E-state index contributed by atoms with van der Waals surface area (Å²) < 4.78 is 36.5. The van der Waals surface area contributed by atoms with Gasteiger partial charge in [0.1, 0.15) is 10.4 Å². The van der Waals surface area contributed by atoms with E-state index in [9.17, 15) is 8.42 Å². The predicted molar refractivity (Wildman–Crippen MR) is 100 cm³/mol. The molecule has 2 aromatic rings. The number of oxazole rings is 1. The first kappa shape index (κ1) is 20.2. The van der Waals surface area contributed by atoms with E-state index < -0.39 is 14.6 Å². The average molecular weight is 388 g/mol. The van der Waals surface area contributed by atoms with E-state index in [0.29, 0.717) is 24.4 Å². The van der Waals surface area contributed by atoms with Gasteiger partial charge >= 0.3 is 0 Å². The monoisotopic (exact) mass is 387 g/mol. The second-order valence-corrected chi connectivity index (χ2v) is 10.1. The molecule has 0 spiro atoms. The van der Waals surface area contributed by atoms with Gasteiger partial charge in [0.25, 0.3) is 0 Å². The third-order valence-corrected chi connectivity index (χ3v) is 7.20. The summed E-state index contributed by atoms with van der Waals surface area (Å²) in [5.41, 5.74) is 0.406. The van der Waals surface area contributed by atoms with Crippen LogP contribution < -0.4 is 0 Å². The van der Waals surface area contributed by atoms with E-state index >= 15 is 0 Å². The molecule has 1 aliphatic rings. The van der Waals surface area contributed by atoms with Crippen LogP contribution in [0.5, 0.6) is 0 Å². The van der Waals surface area contributed by atoms with Crippen LogP contribution in [-0.4, -0.2) is 31.4 Å². The third-order valence-electron chi connectivity index (χ3n) is 4.21. The maximum Gasteiger partial charge on any atom is 0.200 e. The summed E-state index contributed by atoms with van der Waals surface area (Å²) in [4.78, 5) is 4.45. The van der Waals surface area contributed by atoms with Crippen LogP contribution in [0.1, 0.15) is 53.9 Å². The first-order valence-corrected chi connectivity index (χ1v) is 10.3. The van der Waals surface area contributed by atoms with Gasteiger partial charge in [0.15, 0.2) is 15.4 Å². The number of aromatic nitrogens is 1. The molecule has 1 saturated heterocycles. The number of benzene rings is 1. The Bertz CT molecular complexity index is 859. The van der Waals surface area contributed by atoms with Crippen molar-refractivity contribution in [3.8, 4) is 0 Å². The van der Waals surface area contributed by atoms with Gasteiger partial charge in [-0.25, -0.2) is 13.4 Å². The summed E-state index contributed by atoms with van der Waals surface area (Å²) in [6.45, 7) is 12.1. The minimum absolute atomic E-state index is 0.0210. The number of ether oxygens (including phenoxy) is 1. The van der Waals surface area contributed by atoms with Gasteiger partial charge in [-0.15, -0.1) is 0 Å². The molecule has 0 bridgehead atoms. The van der Waals surface area contributed by atoms with Gasteiger partial charge in [0.05, 0.1) is 16.4 Å². The van der Waals surface area contributed by atoms with Gasteiger partial charge in [-0.3, -0.25) is 0 Å². The lowest BCUT2D eigenvalue weighted by atomic mass is 9.97. The molecule has 0 saturated carbocycles. The Labute approximate surface area is 154 Å². The molecule has 1 atom stereocenters. The molecule has 0 radical (unpaired) electrons. The molecule has 0 aliphatic carbocycles. The molecule has 0 N–H and O–H groups in total. The zero-order valence-electron chi connectivity index (χ0n) is 15.6. The fourth-order valence-electron chi connectivity index (χ4n) is 2.62. The Hall–Kier alpha value is -1.11. The fourth-order valence-corrected chi connectivity index (χ4v) is 4.87. The van der Waals surface area contributed by atoms with Gasteiger partial charge in [0.2, 0.25) is 5.89 Å². The van der Waals surface area contributed by atoms with Crippen molar-refractivity contribution in [3.05, 3.63) is 23.0 Å². The molecule has 25 heavy (non-hydrogen) atoms. The Balaban J connectivity index is 0.00000109. The largest absolute Gasteiger partial charge is 0.439 e. The molecule has 1 unspecified atom stereocenters. The highest BCUT2D eigenvalue weighted by Crippen LogP contribution is 2.41. The van der Waals surface area contributed by atoms with Crippen LogP contribution in [0.2, 0.25) is 5.02 Å². The van der Waals surface area contributed by atoms with E-state index in [1.807, 2.05) is 34.6 Å². The van der Waals surface area contributed by atoms with Crippen LogP contribution in [0.25, 0.3) is 11.1 Å². The maximum atomic E-state index is 13.2. The zero-order valence-corrected chi connectivity index (χ0v) is 17.2. The van der Waals surface area contributed by atoms with Crippen LogP contribution in [0.15, 0.2) is 21.4 Å². The molecule has 1 aliphatic heterocycles. The molecule has 0 amide bonds. The van der Waals surface area contributed by atoms with Crippen molar-refractivity contribution in [2.45, 2.75) is 63.0 Å². The summed E-state index contributed by atoms with van der Waals surface area (Å²) in [7, 11) is -3.72. The lowest BCUT2D eigenvalue weighted by Crippen LogP contribution is -2.36. The number of nitrogens with zero attached hydrogens (tertiary/aromatic N) is 1. The number of halogens is 1. The lowest BCUT2D eigenvalue weighted by molar-refractivity contribution is 0.191. The highest BCUT2D eigenvalue weighted by Gasteiger charge is 2.46.